The van der Waals surface area contributed by atoms with Gasteiger partial charge in [-0.2, -0.15) is 12.6 Å². The van der Waals surface area contributed by atoms with E-state index in [2.05, 4.69) is 17.9 Å². The van der Waals surface area contributed by atoms with Gasteiger partial charge in [-0.05, 0) is 13.8 Å². The number of nitrogens with one attached hydrogen (secondary N) is 1. The van der Waals surface area contributed by atoms with Crippen molar-refractivity contribution in [3.05, 3.63) is 0 Å². The van der Waals surface area contributed by atoms with Gasteiger partial charge in [-0.1, -0.05) is 6.92 Å². The molecule has 0 aliphatic heterocycles. The topological polar surface area (TPSA) is 75.3 Å². The van der Waals surface area contributed by atoms with E-state index in [0.29, 0.717) is 59.4 Å². The van der Waals surface area contributed by atoms with Crippen LogP contribution in [-0.4, -0.2) is 83.3 Å². The molecule has 24 heavy (non-hydrogen) atoms. The fraction of sp³-hybridized carbons (Fsp3) is 0.938. The lowest BCUT2D eigenvalue weighted by molar-refractivity contribution is -0.127. The van der Waals surface area contributed by atoms with Crippen LogP contribution in [-0.2, 0) is 28.5 Å². The maximum absolute atomic E-state index is 11.3. The summed E-state index contributed by atoms with van der Waals surface area (Å²) in [6, 6.07) is 0. The van der Waals surface area contributed by atoms with Crippen LogP contribution in [0.15, 0.2) is 0 Å². The molecule has 0 bridgehead atoms. The molecule has 0 unspecified atom stereocenters. The van der Waals surface area contributed by atoms with E-state index in [4.69, 9.17) is 23.7 Å². The van der Waals surface area contributed by atoms with Crippen molar-refractivity contribution in [2.75, 3.05) is 66.0 Å². The smallest absolute Gasteiger partial charge is 0.246 e. The minimum absolute atomic E-state index is 0.0531. The maximum Gasteiger partial charge on any atom is 0.246 e. The minimum Gasteiger partial charge on any atom is -0.378 e. The summed E-state index contributed by atoms with van der Waals surface area (Å²) in [6.07, 6.45) is 0.0531. The van der Waals surface area contributed by atoms with Gasteiger partial charge in [0, 0.05) is 11.8 Å². The average molecular weight is 368 g/mol. The van der Waals surface area contributed by atoms with Crippen LogP contribution in [0.1, 0.15) is 20.8 Å². The van der Waals surface area contributed by atoms with E-state index in [1.165, 1.54) is 0 Å². The first-order valence-corrected chi connectivity index (χ1v) is 8.91. The van der Waals surface area contributed by atoms with E-state index in [0.717, 1.165) is 0 Å². The average Bonchev–Trinajstić information content (AvgIpc) is 2.52. The summed E-state index contributed by atoms with van der Waals surface area (Å²) in [4.78, 5) is 11.3. The van der Waals surface area contributed by atoms with Crippen LogP contribution in [0.3, 0.4) is 0 Å². The molecular weight excluding hydrogens is 334 g/mol. The van der Waals surface area contributed by atoms with Gasteiger partial charge in [0.05, 0.1) is 59.0 Å². The fourth-order valence-electron chi connectivity index (χ4n) is 1.47. The lowest BCUT2D eigenvalue weighted by Gasteiger charge is -2.09. The Labute approximate surface area is 151 Å². The Bertz CT molecular complexity index is 292. The highest BCUT2D eigenvalue weighted by Gasteiger charge is 2.02. The molecular formula is C16H33NO6S. The van der Waals surface area contributed by atoms with Gasteiger partial charge in [0.25, 0.3) is 0 Å². The largest absolute Gasteiger partial charge is 0.378 e. The molecule has 0 aromatic carbocycles. The van der Waals surface area contributed by atoms with E-state index < -0.39 is 0 Å². The van der Waals surface area contributed by atoms with Gasteiger partial charge in [-0.3, -0.25) is 4.79 Å². The van der Waals surface area contributed by atoms with Gasteiger partial charge in [-0.15, -0.1) is 0 Å². The fourth-order valence-corrected chi connectivity index (χ4v) is 1.58. The summed E-state index contributed by atoms with van der Waals surface area (Å²) in [7, 11) is 0. The third-order valence-electron chi connectivity index (χ3n) is 2.59. The number of carbonyl (C=O) groups excluding carboxylic acids is 1. The number of ether oxygens (including phenoxy) is 5. The third kappa shape index (κ3) is 19.7. The Morgan fingerprint density at radius 2 is 1.38 bits per heavy atom. The molecule has 0 aromatic heterocycles. The van der Waals surface area contributed by atoms with Crippen LogP contribution in [0.25, 0.3) is 0 Å². The van der Waals surface area contributed by atoms with Crippen LogP contribution in [0, 0.1) is 0 Å². The Hall–Kier alpha value is -0.380. The van der Waals surface area contributed by atoms with E-state index in [1.807, 2.05) is 20.8 Å². The lowest BCUT2D eigenvalue weighted by atomic mass is 10.5. The summed E-state index contributed by atoms with van der Waals surface area (Å²) in [5, 5.41) is 2.96. The number of amides is 1. The first-order valence-electron chi connectivity index (χ1n) is 8.39. The van der Waals surface area contributed by atoms with Crippen molar-refractivity contribution in [2.24, 2.45) is 0 Å². The first kappa shape index (κ1) is 23.6. The molecule has 0 heterocycles. The quantitative estimate of drug-likeness (QED) is 0.294. The normalized spacial score (nSPS) is 12.5. The SMILES string of the molecule is CC(C)OCC(=O)NCCOCCOCCOCCOC[C@H](C)S. The molecule has 0 radical (unpaired) electrons. The van der Waals surface area contributed by atoms with E-state index in [9.17, 15) is 4.79 Å². The summed E-state index contributed by atoms with van der Waals surface area (Å²) >= 11 is 4.21. The second kappa shape index (κ2) is 17.4. The second-order valence-corrected chi connectivity index (χ2v) is 6.35. The van der Waals surface area contributed by atoms with E-state index in [1.54, 1.807) is 0 Å². The Balaban J connectivity index is 3.11. The highest BCUT2D eigenvalue weighted by atomic mass is 32.1. The maximum atomic E-state index is 11.3. The molecule has 0 spiro atoms. The van der Waals surface area contributed by atoms with Gasteiger partial charge >= 0.3 is 0 Å². The van der Waals surface area contributed by atoms with Gasteiger partial charge in [-0.25, -0.2) is 0 Å². The number of carbonyl (C=O) groups is 1. The Kier molecular flexibility index (Phi) is 17.2. The van der Waals surface area contributed by atoms with Crippen LogP contribution in [0.4, 0.5) is 0 Å². The Morgan fingerprint density at radius 1 is 0.875 bits per heavy atom. The molecule has 0 saturated carbocycles. The molecule has 0 aliphatic rings. The zero-order chi connectivity index (χ0) is 18.0. The van der Waals surface area contributed by atoms with Crippen molar-refractivity contribution in [3.8, 4) is 0 Å². The predicted octanol–water partition coefficient (Wildman–Crippen LogP) is 0.912. The molecule has 0 aliphatic carbocycles. The van der Waals surface area contributed by atoms with Crippen molar-refractivity contribution in [2.45, 2.75) is 32.1 Å². The van der Waals surface area contributed by atoms with Crippen molar-refractivity contribution in [1.82, 2.24) is 5.32 Å². The molecule has 8 heteroatoms. The van der Waals surface area contributed by atoms with Crippen LogP contribution in [0.5, 0.6) is 0 Å². The number of hydrogen-bond acceptors (Lipinski definition) is 7. The van der Waals surface area contributed by atoms with Gasteiger partial charge in [0.1, 0.15) is 6.61 Å². The van der Waals surface area contributed by atoms with Crippen LogP contribution < -0.4 is 5.32 Å². The predicted molar refractivity (Wildman–Crippen MR) is 95.8 cm³/mol. The molecule has 1 amide bonds. The van der Waals surface area contributed by atoms with Crippen molar-refractivity contribution < 1.29 is 28.5 Å². The summed E-state index contributed by atoms with van der Waals surface area (Å²) in [6.45, 7) is 10.6. The zero-order valence-corrected chi connectivity index (χ0v) is 16.0. The van der Waals surface area contributed by atoms with E-state index >= 15 is 0 Å². The third-order valence-corrected chi connectivity index (χ3v) is 2.74. The summed E-state index contributed by atoms with van der Waals surface area (Å²) in [5.41, 5.74) is 0. The minimum atomic E-state index is -0.131. The zero-order valence-electron chi connectivity index (χ0n) is 15.1. The highest BCUT2D eigenvalue weighted by molar-refractivity contribution is 7.80. The van der Waals surface area contributed by atoms with Crippen LogP contribution >= 0.6 is 12.6 Å². The van der Waals surface area contributed by atoms with Crippen LogP contribution in [0.2, 0.25) is 0 Å². The number of hydrogen-bond donors (Lipinski definition) is 2. The van der Waals surface area contributed by atoms with Gasteiger partial charge < -0.3 is 29.0 Å². The highest BCUT2D eigenvalue weighted by Crippen LogP contribution is 1.92. The second-order valence-electron chi connectivity index (χ2n) is 5.47. The summed E-state index contributed by atoms with van der Waals surface area (Å²) in [5.74, 6) is -0.131. The monoisotopic (exact) mass is 367 g/mol. The summed E-state index contributed by atoms with van der Waals surface area (Å²) < 4.78 is 26.6. The molecule has 0 rings (SSSR count). The molecule has 1 atom stereocenters. The van der Waals surface area contributed by atoms with Crippen molar-refractivity contribution in [3.63, 3.8) is 0 Å². The first-order chi connectivity index (χ1) is 11.5. The molecule has 0 saturated heterocycles. The van der Waals surface area contributed by atoms with Crippen molar-refractivity contribution >= 4 is 18.5 Å². The Morgan fingerprint density at radius 3 is 1.88 bits per heavy atom. The van der Waals surface area contributed by atoms with Gasteiger partial charge in [0.2, 0.25) is 5.91 Å². The van der Waals surface area contributed by atoms with Gasteiger partial charge in [0.15, 0.2) is 0 Å². The molecule has 0 fully saturated rings. The van der Waals surface area contributed by atoms with E-state index in [-0.39, 0.29) is 23.9 Å². The van der Waals surface area contributed by atoms with Crippen molar-refractivity contribution in [1.29, 1.82) is 0 Å². The molecule has 0 aromatic rings. The lowest BCUT2D eigenvalue weighted by Crippen LogP contribution is -2.31. The molecule has 144 valence electrons. The molecule has 7 nitrogen and oxygen atoms in total. The number of thiol groups is 1. The molecule has 1 N–H and O–H groups in total. The number of rotatable bonds is 17. The standard InChI is InChI=1S/C16H33NO6S/c1-14(2)23-13-16(18)17-4-5-19-6-7-20-8-9-21-10-11-22-12-15(3)24/h14-15,24H,4-13H2,1-3H3,(H,17,18)/t15-/m0/s1.